The van der Waals surface area contributed by atoms with Gasteiger partial charge in [-0.3, -0.25) is 14.7 Å². The van der Waals surface area contributed by atoms with Gasteiger partial charge in [-0.05, 0) is 73.5 Å². The van der Waals surface area contributed by atoms with Crippen LogP contribution in [0.3, 0.4) is 0 Å². The number of piperazine rings is 1. The predicted molar refractivity (Wildman–Crippen MR) is 128 cm³/mol. The van der Waals surface area contributed by atoms with Crippen LogP contribution in [0, 0.1) is 5.92 Å². The van der Waals surface area contributed by atoms with Gasteiger partial charge in [-0.25, -0.2) is 0 Å². The van der Waals surface area contributed by atoms with Crippen LogP contribution in [-0.2, 0) is 17.6 Å². The van der Waals surface area contributed by atoms with E-state index in [0.717, 1.165) is 70.0 Å². The first-order valence-electron chi connectivity index (χ1n) is 12.0. The molecule has 170 valence electrons. The molecule has 3 heterocycles. The number of fused-ring (bicyclic) bond motifs is 2. The minimum atomic E-state index is 0.288. The first kappa shape index (κ1) is 21.9. The first-order chi connectivity index (χ1) is 15.6. The summed E-state index contributed by atoms with van der Waals surface area (Å²) in [7, 11) is 2.15. The molecule has 1 aliphatic carbocycles. The van der Waals surface area contributed by atoms with Crippen LogP contribution in [0.15, 0.2) is 36.5 Å². The minimum Gasteiger partial charge on any atom is -0.342 e. The van der Waals surface area contributed by atoms with Crippen molar-refractivity contribution in [2.45, 2.75) is 31.6 Å². The number of hydrogen-bond donors (Lipinski definition) is 0. The van der Waals surface area contributed by atoms with Gasteiger partial charge >= 0.3 is 0 Å². The van der Waals surface area contributed by atoms with E-state index in [-0.39, 0.29) is 5.92 Å². The number of carbonyl (C=O) groups is 1. The maximum absolute atomic E-state index is 13.0. The standard InChI is InChI=1S/C26H33ClN4O/c1-29-13-15-30(16-14-29)18-24(32)31-11-8-19(9-12-31)25-23-7-6-22(27)17-21(23)5-4-20-3-2-10-28-26(20)25/h2-3,6-7,10,17,19,25H,4-5,8-9,11-16,18H2,1H3. The van der Waals surface area contributed by atoms with Crippen molar-refractivity contribution in [3.8, 4) is 0 Å². The molecule has 0 spiro atoms. The number of likely N-dealkylation sites (N-methyl/N-ethyl adjacent to an activating group) is 1. The summed E-state index contributed by atoms with van der Waals surface area (Å²) in [5, 5.41) is 0.811. The molecule has 32 heavy (non-hydrogen) atoms. The van der Waals surface area contributed by atoms with Crippen molar-refractivity contribution < 1.29 is 4.79 Å². The Bertz CT molecular complexity index is 964. The van der Waals surface area contributed by atoms with Gasteiger partial charge < -0.3 is 9.80 Å². The predicted octanol–water partition coefficient (Wildman–Crippen LogP) is 3.45. The summed E-state index contributed by atoms with van der Waals surface area (Å²) in [4.78, 5) is 24.6. The van der Waals surface area contributed by atoms with Gasteiger partial charge in [-0.2, -0.15) is 0 Å². The number of halogens is 1. The molecule has 2 fully saturated rings. The number of hydrogen-bond acceptors (Lipinski definition) is 4. The number of amides is 1. The summed E-state index contributed by atoms with van der Waals surface area (Å²) >= 11 is 6.35. The lowest BCUT2D eigenvalue weighted by Crippen LogP contribution is -2.50. The highest BCUT2D eigenvalue weighted by Gasteiger charge is 2.35. The summed E-state index contributed by atoms with van der Waals surface area (Å²) in [6.07, 6.45) is 6.00. The molecule has 0 bridgehead atoms. The quantitative estimate of drug-likeness (QED) is 0.715. The highest BCUT2D eigenvalue weighted by Crippen LogP contribution is 2.42. The van der Waals surface area contributed by atoms with Gasteiger partial charge in [0.1, 0.15) is 0 Å². The van der Waals surface area contributed by atoms with E-state index < -0.39 is 0 Å². The van der Waals surface area contributed by atoms with Crippen molar-refractivity contribution in [2.24, 2.45) is 5.92 Å². The van der Waals surface area contributed by atoms with Crippen molar-refractivity contribution >= 4 is 17.5 Å². The zero-order chi connectivity index (χ0) is 22.1. The van der Waals surface area contributed by atoms with E-state index in [1.807, 2.05) is 12.3 Å². The van der Waals surface area contributed by atoms with Gasteiger partial charge in [0.05, 0.1) is 12.2 Å². The third-order valence-electron chi connectivity index (χ3n) is 7.64. The van der Waals surface area contributed by atoms with E-state index in [2.05, 4.69) is 46.0 Å². The van der Waals surface area contributed by atoms with E-state index in [1.165, 1.54) is 22.4 Å². The van der Waals surface area contributed by atoms with Crippen molar-refractivity contribution in [2.75, 3.05) is 52.9 Å². The minimum absolute atomic E-state index is 0.288. The molecule has 3 aliphatic rings. The van der Waals surface area contributed by atoms with Crippen LogP contribution in [-0.4, -0.2) is 78.5 Å². The second-order valence-corrected chi connectivity index (χ2v) is 10.1. The van der Waals surface area contributed by atoms with Gasteiger partial charge in [0.25, 0.3) is 0 Å². The third kappa shape index (κ3) is 4.57. The second kappa shape index (κ2) is 9.50. The zero-order valence-electron chi connectivity index (χ0n) is 19.0. The van der Waals surface area contributed by atoms with Crippen LogP contribution in [0.2, 0.25) is 5.02 Å². The Hall–Kier alpha value is -1.95. The summed E-state index contributed by atoms with van der Waals surface area (Å²) in [6.45, 7) is 6.33. The number of nitrogens with zero attached hydrogens (tertiary/aromatic N) is 4. The molecule has 1 aromatic carbocycles. The summed E-state index contributed by atoms with van der Waals surface area (Å²) in [6, 6.07) is 10.7. The molecule has 2 aliphatic heterocycles. The summed E-state index contributed by atoms with van der Waals surface area (Å²) in [5.74, 6) is 1.07. The van der Waals surface area contributed by atoms with Crippen molar-refractivity contribution in [1.82, 2.24) is 19.7 Å². The van der Waals surface area contributed by atoms with Crippen molar-refractivity contribution in [1.29, 1.82) is 0 Å². The molecular formula is C26H33ClN4O. The lowest BCUT2D eigenvalue weighted by atomic mass is 9.76. The normalized spacial score (nSPS) is 22.8. The number of aryl methyl sites for hydroxylation is 2. The maximum atomic E-state index is 13.0. The van der Waals surface area contributed by atoms with Gasteiger partial charge in [-0.15, -0.1) is 0 Å². The smallest absolute Gasteiger partial charge is 0.236 e. The van der Waals surface area contributed by atoms with Crippen molar-refractivity contribution in [3.63, 3.8) is 0 Å². The molecule has 1 aromatic heterocycles. The fourth-order valence-corrected chi connectivity index (χ4v) is 5.90. The van der Waals surface area contributed by atoms with Gasteiger partial charge in [-0.1, -0.05) is 23.7 Å². The van der Waals surface area contributed by atoms with Gasteiger partial charge in [0.15, 0.2) is 0 Å². The molecule has 0 N–H and O–H groups in total. The number of piperidine rings is 1. The van der Waals surface area contributed by atoms with Crippen LogP contribution in [0.1, 0.15) is 41.1 Å². The molecule has 0 radical (unpaired) electrons. The fraction of sp³-hybridized carbons (Fsp3) is 0.538. The molecule has 1 unspecified atom stereocenters. The highest BCUT2D eigenvalue weighted by molar-refractivity contribution is 6.30. The number of rotatable bonds is 3. The molecule has 5 rings (SSSR count). The van der Waals surface area contributed by atoms with E-state index in [0.29, 0.717) is 18.4 Å². The topological polar surface area (TPSA) is 39.7 Å². The van der Waals surface area contributed by atoms with E-state index in [4.69, 9.17) is 16.6 Å². The summed E-state index contributed by atoms with van der Waals surface area (Å²) in [5.41, 5.74) is 5.33. The van der Waals surface area contributed by atoms with Crippen LogP contribution in [0.4, 0.5) is 0 Å². The molecule has 0 saturated carbocycles. The fourth-order valence-electron chi connectivity index (χ4n) is 5.71. The Morgan fingerprint density at radius 2 is 1.78 bits per heavy atom. The van der Waals surface area contributed by atoms with Crippen LogP contribution in [0.25, 0.3) is 0 Å². The Balaban J connectivity index is 1.30. The SMILES string of the molecule is CN1CCN(CC(=O)N2CCC(C3c4ccc(Cl)cc4CCc4cccnc43)CC2)CC1. The second-order valence-electron chi connectivity index (χ2n) is 9.67. The molecule has 5 nitrogen and oxygen atoms in total. The van der Waals surface area contributed by atoms with Gasteiger partial charge in [0.2, 0.25) is 5.91 Å². The lowest BCUT2D eigenvalue weighted by molar-refractivity contribution is -0.134. The van der Waals surface area contributed by atoms with Gasteiger partial charge in [0, 0.05) is 56.4 Å². The number of carbonyl (C=O) groups excluding carboxylic acids is 1. The third-order valence-corrected chi connectivity index (χ3v) is 7.88. The Morgan fingerprint density at radius 3 is 2.56 bits per heavy atom. The molecule has 2 saturated heterocycles. The Morgan fingerprint density at radius 1 is 1.03 bits per heavy atom. The molecule has 2 aromatic rings. The van der Waals surface area contributed by atoms with E-state index >= 15 is 0 Å². The van der Waals surface area contributed by atoms with Crippen LogP contribution in [0.5, 0.6) is 0 Å². The molecular weight excluding hydrogens is 420 g/mol. The lowest BCUT2D eigenvalue weighted by Gasteiger charge is -2.38. The average Bonchev–Trinajstić information content (AvgIpc) is 2.97. The average molecular weight is 453 g/mol. The summed E-state index contributed by atoms with van der Waals surface area (Å²) < 4.78 is 0. The van der Waals surface area contributed by atoms with Crippen molar-refractivity contribution in [3.05, 3.63) is 63.9 Å². The van der Waals surface area contributed by atoms with E-state index in [1.54, 1.807) is 0 Å². The van der Waals surface area contributed by atoms with Crippen LogP contribution >= 0.6 is 11.6 Å². The molecule has 6 heteroatoms. The maximum Gasteiger partial charge on any atom is 0.236 e. The number of benzene rings is 1. The number of aromatic nitrogens is 1. The first-order valence-corrected chi connectivity index (χ1v) is 12.4. The van der Waals surface area contributed by atoms with Crippen LogP contribution < -0.4 is 0 Å². The highest BCUT2D eigenvalue weighted by atomic mass is 35.5. The largest absolute Gasteiger partial charge is 0.342 e. The zero-order valence-corrected chi connectivity index (χ0v) is 19.7. The number of likely N-dealkylation sites (tertiary alicyclic amines) is 1. The van der Waals surface area contributed by atoms with E-state index in [9.17, 15) is 4.79 Å². The molecule has 1 atom stereocenters. The number of pyridine rings is 1. The monoisotopic (exact) mass is 452 g/mol. The Labute approximate surface area is 196 Å². The Kier molecular flexibility index (Phi) is 6.49. The molecule has 1 amide bonds.